The first-order chi connectivity index (χ1) is 14.9. The molecule has 7 atom stereocenters. The zero-order valence-corrected chi connectivity index (χ0v) is 19.5. The third-order valence-corrected chi connectivity index (χ3v) is 9.85. The summed E-state index contributed by atoms with van der Waals surface area (Å²) in [4.78, 5) is 11.5. The highest BCUT2D eigenvalue weighted by molar-refractivity contribution is 5.66. The van der Waals surface area contributed by atoms with E-state index in [4.69, 9.17) is 4.74 Å². The lowest BCUT2D eigenvalue weighted by atomic mass is 9.44. The summed E-state index contributed by atoms with van der Waals surface area (Å²) in [6.45, 7) is 6.69. The van der Waals surface area contributed by atoms with Crippen LogP contribution in [-0.2, 0) is 9.53 Å². The third kappa shape index (κ3) is 3.60. The lowest BCUT2D eigenvalue weighted by molar-refractivity contribution is -0.158. The number of hydrogen-bond acceptors (Lipinski definition) is 2. The summed E-state index contributed by atoms with van der Waals surface area (Å²) in [5.74, 6) is 3.11. The largest absolute Gasteiger partial charge is 0.463 e. The van der Waals surface area contributed by atoms with Gasteiger partial charge in [0.1, 0.15) is 6.10 Å². The molecule has 1 aromatic carbocycles. The number of hydrogen-bond donors (Lipinski definition) is 0. The molecular weight excluding hydrogens is 380 g/mol. The Morgan fingerprint density at radius 2 is 1.81 bits per heavy atom. The smallest absolute Gasteiger partial charge is 0.302 e. The summed E-state index contributed by atoms with van der Waals surface area (Å²) in [5, 5.41) is 0. The molecule has 5 rings (SSSR count). The first-order valence-electron chi connectivity index (χ1n) is 12.5. The van der Waals surface area contributed by atoms with Crippen molar-refractivity contribution in [2.45, 2.75) is 78.2 Å². The maximum atomic E-state index is 11.5. The van der Waals surface area contributed by atoms with Crippen LogP contribution in [0.15, 0.2) is 48.1 Å². The zero-order chi connectivity index (χ0) is 21.6. The number of carbonyl (C=O) groups excluding carboxylic acids is 1. The molecule has 0 bridgehead atoms. The summed E-state index contributed by atoms with van der Waals surface area (Å²) in [5.41, 5.74) is 3.64. The van der Waals surface area contributed by atoms with Crippen LogP contribution in [0.3, 0.4) is 0 Å². The minimum atomic E-state index is -0.108. The first-order valence-corrected chi connectivity index (χ1v) is 12.5. The molecule has 2 nitrogen and oxygen atoms in total. The summed E-state index contributed by atoms with van der Waals surface area (Å²) in [7, 11) is 0. The molecule has 166 valence electrons. The highest BCUT2D eigenvalue weighted by atomic mass is 16.5. The molecule has 1 aromatic rings. The number of fused-ring (bicyclic) bond motifs is 5. The molecule has 0 N–H and O–H groups in total. The average Bonchev–Trinajstić information content (AvgIpc) is 3.09. The van der Waals surface area contributed by atoms with Gasteiger partial charge in [0, 0.05) is 6.92 Å². The molecule has 0 aromatic heterocycles. The van der Waals surface area contributed by atoms with Crippen LogP contribution >= 0.6 is 0 Å². The van der Waals surface area contributed by atoms with Crippen molar-refractivity contribution >= 4 is 12.0 Å². The summed E-state index contributed by atoms with van der Waals surface area (Å²) in [6, 6.07) is 10.7. The Bertz CT molecular complexity index is 883. The van der Waals surface area contributed by atoms with Gasteiger partial charge in [0.2, 0.25) is 0 Å². The Kier molecular flexibility index (Phi) is 5.39. The van der Waals surface area contributed by atoms with E-state index in [0.717, 1.165) is 36.5 Å². The van der Waals surface area contributed by atoms with Crippen LogP contribution in [0.4, 0.5) is 0 Å². The van der Waals surface area contributed by atoms with Crippen LogP contribution < -0.4 is 0 Å². The molecule has 0 heterocycles. The predicted octanol–water partition coefficient (Wildman–Crippen LogP) is 7.21. The molecule has 3 saturated carbocycles. The fourth-order valence-corrected chi connectivity index (χ4v) is 8.17. The average molecular weight is 419 g/mol. The van der Waals surface area contributed by atoms with Gasteiger partial charge < -0.3 is 4.74 Å². The number of allylic oxidation sites excluding steroid dienone is 3. The number of rotatable bonds is 3. The number of ether oxygens (including phenoxy) is 1. The molecular formula is C29H38O2. The van der Waals surface area contributed by atoms with E-state index < -0.39 is 0 Å². The van der Waals surface area contributed by atoms with E-state index in [1.807, 2.05) is 0 Å². The van der Waals surface area contributed by atoms with Gasteiger partial charge in [0.25, 0.3) is 0 Å². The molecule has 0 spiro atoms. The molecule has 2 heteroatoms. The van der Waals surface area contributed by atoms with Crippen molar-refractivity contribution in [2.75, 3.05) is 0 Å². The minimum absolute atomic E-state index is 0.108. The van der Waals surface area contributed by atoms with Gasteiger partial charge in [-0.1, -0.05) is 62.4 Å². The van der Waals surface area contributed by atoms with Crippen molar-refractivity contribution < 1.29 is 9.53 Å². The topological polar surface area (TPSA) is 26.3 Å². The second kappa shape index (κ2) is 7.94. The normalized spacial score (nSPS) is 41.8. The number of benzene rings is 1. The van der Waals surface area contributed by atoms with Crippen LogP contribution in [0.5, 0.6) is 0 Å². The molecule has 0 amide bonds. The molecule has 4 aliphatic carbocycles. The second-order valence-electron chi connectivity index (χ2n) is 11.3. The fourth-order valence-electron chi connectivity index (χ4n) is 8.17. The van der Waals surface area contributed by atoms with E-state index in [-0.39, 0.29) is 12.1 Å². The maximum absolute atomic E-state index is 11.5. The Hall–Kier alpha value is -1.83. The van der Waals surface area contributed by atoms with Gasteiger partial charge in [-0.2, -0.15) is 0 Å². The highest BCUT2D eigenvalue weighted by Crippen LogP contribution is 2.66. The van der Waals surface area contributed by atoms with Crippen molar-refractivity contribution in [2.24, 2.45) is 34.5 Å². The van der Waals surface area contributed by atoms with Gasteiger partial charge in [-0.05, 0) is 97.0 Å². The lowest BCUT2D eigenvalue weighted by Crippen LogP contribution is -2.53. The molecule has 0 unspecified atom stereocenters. The van der Waals surface area contributed by atoms with Crippen molar-refractivity contribution in [3.8, 4) is 0 Å². The Balaban J connectivity index is 1.32. The van der Waals surface area contributed by atoms with Crippen LogP contribution in [0.2, 0.25) is 0 Å². The van der Waals surface area contributed by atoms with Crippen LogP contribution in [0, 0.1) is 34.5 Å². The predicted molar refractivity (Wildman–Crippen MR) is 126 cm³/mol. The van der Waals surface area contributed by atoms with E-state index in [1.165, 1.54) is 44.1 Å². The molecule has 31 heavy (non-hydrogen) atoms. The van der Waals surface area contributed by atoms with E-state index in [2.05, 4.69) is 62.4 Å². The highest BCUT2D eigenvalue weighted by Gasteiger charge is 2.58. The van der Waals surface area contributed by atoms with Gasteiger partial charge in [0.05, 0.1) is 0 Å². The standard InChI is InChI=1S/C29H38O2/c1-20(30)31-24-15-17-29(3)23(19-24)11-13-25-26-14-12-22(28(26,2)18-16-27(25)29)10-9-21-7-5-4-6-8-21/h4-10,12,23-27H,11,13-19H2,1-3H3/b10-9-/t23-,24-,25-,26-,27-,28+,29-/m0/s1. The van der Waals surface area contributed by atoms with E-state index >= 15 is 0 Å². The molecule has 3 fully saturated rings. The SMILES string of the molecule is CC(=O)O[C@H]1CC[C@@]2(C)[C@@H](CC[C@@H]3[C@@H]2CC[C@]2(C)C(/C=C\c4ccccc4)=CC[C@@H]32)C1. The van der Waals surface area contributed by atoms with Gasteiger partial charge >= 0.3 is 5.97 Å². The van der Waals surface area contributed by atoms with Crippen molar-refractivity contribution in [1.29, 1.82) is 0 Å². The van der Waals surface area contributed by atoms with Crippen LogP contribution in [0.1, 0.15) is 77.7 Å². The Morgan fingerprint density at radius 3 is 2.58 bits per heavy atom. The van der Waals surface area contributed by atoms with Gasteiger partial charge in [-0.3, -0.25) is 4.79 Å². The van der Waals surface area contributed by atoms with Gasteiger partial charge in [-0.15, -0.1) is 0 Å². The van der Waals surface area contributed by atoms with Crippen molar-refractivity contribution in [3.63, 3.8) is 0 Å². The minimum Gasteiger partial charge on any atom is -0.463 e. The van der Waals surface area contributed by atoms with Gasteiger partial charge in [0.15, 0.2) is 0 Å². The van der Waals surface area contributed by atoms with E-state index in [1.54, 1.807) is 12.5 Å². The third-order valence-electron chi connectivity index (χ3n) is 9.85. The van der Waals surface area contributed by atoms with Gasteiger partial charge in [-0.25, -0.2) is 0 Å². The molecule has 0 saturated heterocycles. The molecule has 4 aliphatic rings. The summed E-state index contributed by atoms with van der Waals surface area (Å²) in [6.07, 6.45) is 17.4. The number of carbonyl (C=O) groups is 1. The summed E-state index contributed by atoms with van der Waals surface area (Å²) >= 11 is 0. The van der Waals surface area contributed by atoms with Crippen LogP contribution in [0.25, 0.3) is 6.08 Å². The quantitative estimate of drug-likeness (QED) is 0.485. The molecule has 0 radical (unpaired) electrons. The molecule has 0 aliphatic heterocycles. The Labute approximate surface area is 188 Å². The number of esters is 1. The fraction of sp³-hybridized carbons (Fsp3) is 0.621. The first kappa shape index (κ1) is 21.0. The maximum Gasteiger partial charge on any atom is 0.302 e. The zero-order valence-electron chi connectivity index (χ0n) is 19.5. The summed E-state index contributed by atoms with van der Waals surface area (Å²) < 4.78 is 5.63. The lowest BCUT2D eigenvalue weighted by Gasteiger charge is -2.60. The Morgan fingerprint density at radius 1 is 1.00 bits per heavy atom. The van der Waals surface area contributed by atoms with E-state index in [0.29, 0.717) is 10.8 Å². The van der Waals surface area contributed by atoms with Crippen molar-refractivity contribution in [3.05, 3.63) is 53.6 Å². The second-order valence-corrected chi connectivity index (χ2v) is 11.3. The van der Waals surface area contributed by atoms with Crippen molar-refractivity contribution in [1.82, 2.24) is 0 Å². The van der Waals surface area contributed by atoms with E-state index in [9.17, 15) is 4.79 Å². The monoisotopic (exact) mass is 418 g/mol. The van der Waals surface area contributed by atoms with Crippen LogP contribution in [-0.4, -0.2) is 12.1 Å².